The molecule has 0 saturated carbocycles. The summed E-state index contributed by atoms with van der Waals surface area (Å²) in [6, 6.07) is 5.90. The first kappa shape index (κ1) is 14.2. The van der Waals surface area contributed by atoms with E-state index in [0.717, 1.165) is 38.6 Å². The van der Waals surface area contributed by atoms with E-state index < -0.39 is 0 Å². The van der Waals surface area contributed by atoms with Gasteiger partial charge in [0.2, 0.25) is 0 Å². The average Bonchev–Trinajstić information content (AvgIpc) is 2.41. The number of nitrogen functional groups attached to an aromatic ring is 1. The predicted octanol–water partition coefficient (Wildman–Crippen LogP) is 1.92. The Morgan fingerprint density at radius 3 is 2.84 bits per heavy atom. The second-order valence-corrected chi connectivity index (χ2v) is 5.37. The van der Waals surface area contributed by atoms with Crippen LogP contribution >= 0.6 is 0 Å². The summed E-state index contributed by atoms with van der Waals surface area (Å²) in [7, 11) is 0. The molecule has 1 aliphatic rings. The van der Waals surface area contributed by atoms with Crippen LogP contribution in [0, 0.1) is 12.8 Å². The maximum absolute atomic E-state index is 5.91. The number of ether oxygens (including phenoxy) is 2. The molecular formula is C15H24N2O2. The Morgan fingerprint density at radius 1 is 1.37 bits per heavy atom. The van der Waals surface area contributed by atoms with Crippen LogP contribution in [0.3, 0.4) is 0 Å². The Kier molecular flexibility index (Phi) is 5.05. The van der Waals surface area contributed by atoms with Gasteiger partial charge in [0.05, 0.1) is 25.5 Å². The van der Waals surface area contributed by atoms with Crippen LogP contribution in [0.15, 0.2) is 18.2 Å². The quantitative estimate of drug-likeness (QED) is 0.826. The molecule has 4 heteroatoms. The summed E-state index contributed by atoms with van der Waals surface area (Å²) in [5.41, 5.74) is 7.79. The number of nitrogens with two attached hydrogens (primary N) is 1. The van der Waals surface area contributed by atoms with Crippen molar-refractivity contribution in [2.24, 2.45) is 5.92 Å². The van der Waals surface area contributed by atoms with Crippen molar-refractivity contribution in [3.63, 3.8) is 0 Å². The van der Waals surface area contributed by atoms with Gasteiger partial charge in [0, 0.05) is 25.6 Å². The summed E-state index contributed by atoms with van der Waals surface area (Å²) >= 11 is 0. The van der Waals surface area contributed by atoms with Crippen LogP contribution in [0.1, 0.15) is 12.5 Å². The second-order valence-electron chi connectivity index (χ2n) is 5.37. The molecule has 1 aromatic rings. The van der Waals surface area contributed by atoms with Crippen molar-refractivity contribution in [2.45, 2.75) is 13.8 Å². The molecule has 1 unspecified atom stereocenters. The summed E-state index contributed by atoms with van der Waals surface area (Å²) in [4.78, 5) is 2.43. The summed E-state index contributed by atoms with van der Waals surface area (Å²) in [5, 5.41) is 0. The van der Waals surface area contributed by atoms with Crippen molar-refractivity contribution < 1.29 is 9.47 Å². The van der Waals surface area contributed by atoms with E-state index in [2.05, 4.69) is 11.8 Å². The number of aryl methyl sites for hydroxylation is 1. The maximum Gasteiger partial charge on any atom is 0.142 e. The molecule has 0 spiro atoms. The lowest BCUT2D eigenvalue weighted by Gasteiger charge is -2.29. The van der Waals surface area contributed by atoms with Gasteiger partial charge in [-0.25, -0.2) is 0 Å². The first-order valence-corrected chi connectivity index (χ1v) is 6.94. The molecule has 0 aliphatic carbocycles. The summed E-state index contributed by atoms with van der Waals surface area (Å²) in [5.74, 6) is 1.28. The topological polar surface area (TPSA) is 47.7 Å². The number of hydrogen-bond donors (Lipinski definition) is 1. The normalized spacial score (nSPS) is 18.2. The van der Waals surface area contributed by atoms with Crippen LogP contribution < -0.4 is 10.5 Å². The lowest BCUT2D eigenvalue weighted by molar-refractivity contribution is 0.0284. The largest absolute Gasteiger partial charge is 0.491 e. The summed E-state index contributed by atoms with van der Waals surface area (Å²) in [6.45, 7) is 9.75. The molecule has 0 amide bonds. The minimum absolute atomic E-state index is 0.484. The average molecular weight is 264 g/mol. The molecule has 19 heavy (non-hydrogen) atoms. The van der Waals surface area contributed by atoms with Gasteiger partial charge < -0.3 is 15.2 Å². The van der Waals surface area contributed by atoms with Crippen molar-refractivity contribution in [2.75, 3.05) is 45.2 Å². The van der Waals surface area contributed by atoms with Crippen LogP contribution in [-0.4, -0.2) is 44.4 Å². The Labute approximate surface area is 115 Å². The van der Waals surface area contributed by atoms with Gasteiger partial charge >= 0.3 is 0 Å². The van der Waals surface area contributed by atoms with Crippen LogP contribution in [0.2, 0.25) is 0 Å². The molecule has 1 heterocycles. The third-order valence-electron chi connectivity index (χ3n) is 3.37. The number of benzene rings is 1. The molecule has 1 aromatic carbocycles. The van der Waals surface area contributed by atoms with Gasteiger partial charge in [-0.05, 0) is 24.6 Å². The van der Waals surface area contributed by atoms with E-state index in [1.165, 1.54) is 5.56 Å². The molecule has 106 valence electrons. The van der Waals surface area contributed by atoms with E-state index in [-0.39, 0.29) is 0 Å². The molecule has 1 aliphatic heterocycles. The van der Waals surface area contributed by atoms with Gasteiger partial charge in [-0.3, -0.25) is 4.90 Å². The first-order valence-electron chi connectivity index (χ1n) is 6.94. The monoisotopic (exact) mass is 264 g/mol. The van der Waals surface area contributed by atoms with E-state index in [4.69, 9.17) is 15.2 Å². The van der Waals surface area contributed by atoms with E-state index in [1.54, 1.807) is 0 Å². The lowest BCUT2D eigenvalue weighted by atomic mass is 10.1. The number of rotatable bonds is 5. The van der Waals surface area contributed by atoms with Crippen LogP contribution in [0.5, 0.6) is 5.75 Å². The zero-order valence-corrected chi connectivity index (χ0v) is 11.9. The lowest BCUT2D eigenvalue weighted by Crippen LogP contribution is -2.39. The third kappa shape index (κ3) is 4.40. The van der Waals surface area contributed by atoms with Crippen molar-refractivity contribution in [1.82, 2.24) is 4.90 Å². The fourth-order valence-corrected chi connectivity index (χ4v) is 2.28. The van der Waals surface area contributed by atoms with Gasteiger partial charge in [0.25, 0.3) is 0 Å². The molecule has 1 saturated heterocycles. The Bertz CT molecular complexity index is 403. The minimum Gasteiger partial charge on any atom is -0.491 e. The standard InChI is InChI=1S/C15H24N2O2/c1-12-3-4-14(16)15(9-12)19-11-13(2)10-17-5-7-18-8-6-17/h3-4,9,13H,5-8,10-11,16H2,1-2H3. The number of hydrogen-bond acceptors (Lipinski definition) is 4. The summed E-state index contributed by atoms with van der Waals surface area (Å²) in [6.07, 6.45) is 0. The third-order valence-corrected chi connectivity index (χ3v) is 3.37. The fraction of sp³-hybridized carbons (Fsp3) is 0.600. The van der Waals surface area contributed by atoms with Crippen molar-refractivity contribution in [3.05, 3.63) is 23.8 Å². The van der Waals surface area contributed by atoms with Gasteiger partial charge in [-0.2, -0.15) is 0 Å². The Morgan fingerprint density at radius 2 is 2.11 bits per heavy atom. The minimum atomic E-state index is 0.484. The van der Waals surface area contributed by atoms with Crippen LogP contribution in [0.4, 0.5) is 5.69 Å². The molecule has 4 nitrogen and oxygen atoms in total. The van der Waals surface area contributed by atoms with Crippen molar-refractivity contribution >= 4 is 5.69 Å². The first-order chi connectivity index (χ1) is 9.15. The zero-order valence-electron chi connectivity index (χ0n) is 11.9. The molecule has 0 bridgehead atoms. The highest BCUT2D eigenvalue weighted by molar-refractivity contribution is 5.53. The molecule has 2 rings (SSSR count). The fourth-order valence-electron chi connectivity index (χ4n) is 2.28. The van der Waals surface area contributed by atoms with Crippen LogP contribution in [-0.2, 0) is 4.74 Å². The molecular weight excluding hydrogens is 240 g/mol. The van der Waals surface area contributed by atoms with Gasteiger partial charge in [0.15, 0.2) is 0 Å². The number of nitrogens with zero attached hydrogens (tertiary/aromatic N) is 1. The van der Waals surface area contributed by atoms with E-state index in [1.807, 2.05) is 25.1 Å². The SMILES string of the molecule is Cc1ccc(N)c(OCC(C)CN2CCOCC2)c1. The zero-order chi connectivity index (χ0) is 13.7. The predicted molar refractivity (Wildman–Crippen MR) is 77.5 cm³/mol. The molecule has 2 N–H and O–H groups in total. The van der Waals surface area contributed by atoms with Crippen LogP contribution in [0.25, 0.3) is 0 Å². The van der Waals surface area contributed by atoms with Gasteiger partial charge in [-0.15, -0.1) is 0 Å². The molecule has 1 atom stereocenters. The number of anilines is 1. The van der Waals surface area contributed by atoms with Crippen molar-refractivity contribution in [3.8, 4) is 5.75 Å². The Hall–Kier alpha value is -1.26. The van der Waals surface area contributed by atoms with Gasteiger partial charge in [0.1, 0.15) is 5.75 Å². The van der Waals surface area contributed by atoms with E-state index in [9.17, 15) is 0 Å². The molecule has 0 radical (unpaired) electrons. The Balaban J connectivity index is 1.79. The van der Waals surface area contributed by atoms with E-state index >= 15 is 0 Å². The number of morpholine rings is 1. The van der Waals surface area contributed by atoms with Crippen molar-refractivity contribution in [1.29, 1.82) is 0 Å². The molecule has 0 aromatic heterocycles. The highest BCUT2D eigenvalue weighted by Crippen LogP contribution is 2.23. The second kappa shape index (κ2) is 6.78. The van der Waals surface area contributed by atoms with E-state index in [0.29, 0.717) is 18.2 Å². The molecule has 1 fully saturated rings. The highest BCUT2D eigenvalue weighted by atomic mass is 16.5. The summed E-state index contributed by atoms with van der Waals surface area (Å²) < 4.78 is 11.2. The highest BCUT2D eigenvalue weighted by Gasteiger charge is 2.14. The van der Waals surface area contributed by atoms with Gasteiger partial charge in [-0.1, -0.05) is 13.0 Å². The smallest absolute Gasteiger partial charge is 0.142 e. The maximum atomic E-state index is 5.91.